The average molecular weight is 246 g/mol. The fraction of sp³-hybridized carbons (Fsp3) is 0.231. The first kappa shape index (κ1) is 11.8. The second-order valence-electron chi connectivity index (χ2n) is 3.90. The first-order valence-electron chi connectivity index (χ1n) is 5.45. The standard InChI is InChI=1S/C13H14N2OS/c1-9-8-14-13(17-9)15-12(16)10(2)11-6-4-3-5-7-11/h3-8,10H,1-2H3,(H,14,15,16)/t10-/m1/s1. The molecule has 0 bridgehead atoms. The first-order chi connectivity index (χ1) is 8.16. The van der Waals surface area contributed by atoms with E-state index in [1.807, 2.05) is 44.2 Å². The van der Waals surface area contributed by atoms with Gasteiger partial charge in [-0.05, 0) is 19.4 Å². The van der Waals surface area contributed by atoms with E-state index < -0.39 is 0 Å². The molecular formula is C13H14N2OS. The predicted molar refractivity (Wildman–Crippen MR) is 70.3 cm³/mol. The number of rotatable bonds is 3. The molecule has 1 N–H and O–H groups in total. The van der Waals surface area contributed by atoms with Crippen LogP contribution in [0.15, 0.2) is 36.5 Å². The number of hydrogen-bond donors (Lipinski definition) is 1. The van der Waals surface area contributed by atoms with E-state index >= 15 is 0 Å². The van der Waals surface area contributed by atoms with E-state index in [2.05, 4.69) is 10.3 Å². The monoisotopic (exact) mass is 246 g/mol. The van der Waals surface area contributed by atoms with E-state index in [-0.39, 0.29) is 11.8 Å². The highest BCUT2D eigenvalue weighted by atomic mass is 32.1. The van der Waals surface area contributed by atoms with Gasteiger partial charge < -0.3 is 5.32 Å². The van der Waals surface area contributed by atoms with Crippen molar-refractivity contribution in [2.45, 2.75) is 19.8 Å². The molecule has 0 unspecified atom stereocenters. The maximum absolute atomic E-state index is 12.0. The zero-order valence-corrected chi connectivity index (χ0v) is 10.6. The van der Waals surface area contributed by atoms with Crippen molar-refractivity contribution in [3.63, 3.8) is 0 Å². The fourth-order valence-electron chi connectivity index (χ4n) is 1.52. The van der Waals surface area contributed by atoms with Crippen molar-refractivity contribution in [1.82, 2.24) is 4.98 Å². The van der Waals surface area contributed by atoms with Crippen LogP contribution < -0.4 is 5.32 Å². The number of hydrogen-bond acceptors (Lipinski definition) is 3. The lowest BCUT2D eigenvalue weighted by molar-refractivity contribution is -0.117. The summed E-state index contributed by atoms with van der Waals surface area (Å²) in [6.45, 7) is 3.86. The Morgan fingerprint density at radius 3 is 2.65 bits per heavy atom. The summed E-state index contributed by atoms with van der Waals surface area (Å²) in [5.74, 6) is -0.189. The van der Waals surface area contributed by atoms with E-state index in [9.17, 15) is 4.79 Å². The molecule has 1 heterocycles. The number of aryl methyl sites for hydroxylation is 1. The highest BCUT2D eigenvalue weighted by Gasteiger charge is 2.15. The van der Waals surface area contributed by atoms with Crippen LogP contribution in [-0.4, -0.2) is 10.9 Å². The molecule has 4 heteroatoms. The number of benzene rings is 1. The maximum Gasteiger partial charge on any atom is 0.233 e. The Kier molecular flexibility index (Phi) is 3.54. The molecule has 88 valence electrons. The molecule has 0 spiro atoms. The van der Waals surface area contributed by atoms with E-state index in [0.717, 1.165) is 10.4 Å². The van der Waals surface area contributed by atoms with Crippen LogP contribution in [0.5, 0.6) is 0 Å². The van der Waals surface area contributed by atoms with Crippen LogP contribution in [0.3, 0.4) is 0 Å². The van der Waals surface area contributed by atoms with Crippen LogP contribution in [0.2, 0.25) is 0 Å². The highest BCUT2D eigenvalue weighted by molar-refractivity contribution is 7.15. The molecule has 3 nitrogen and oxygen atoms in total. The summed E-state index contributed by atoms with van der Waals surface area (Å²) >= 11 is 1.49. The van der Waals surface area contributed by atoms with Gasteiger partial charge in [0.1, 0.15) is 0 Å². The van der Waals surface area contributed by atoms with Crippen molar-refractivity contribution in [3.8, 4) is 0 Å². The summed E-state index contributed by atoms with van der Waals surface area (Å²) in [4.78, 5) is 17.2. The molecule has 1 atom stereocenters. The molecule has 0 radical (unpaired) electrons. The second-order valence-corrected chi connectivity index (χ2v) is 5.13. The van der Waals surface area contributed by atoms with Gasteiger partial charge in [0.05, 0.1) is 5.92 Å². The SMILES string of the molecule is Cc1cnc(NC(=O)[C@H](C)c2ccccc2)s1. The van der Waals surface area contributed by atoms with Crippen molar-refractivity contribution in [2.75, 3.05) is 5.32 Å². The molecule has 1 aromatic heterocycles. The minimum atomic E-state index is -0.166. The lowest BCUT2D eigenvalue weighted by Crippen LogP contribution is -2.18. The maximum atomic E-state index is 12.0. The molecule has 2 aromatic rings. The van der Waals surface area contributed by atoms with Crippen LogP contribution in [0.1, 0.15) is 23.3 Å². The number of nitrogens with one attached hydrogen (secondary N) is 1. The first-order valence-corrected chi connectivity index (χ1v) is 6.26. The topological polar surface area (TPSA) is 42.0 Å². The molecule has 1 amide bonds. The summed E-state index contributed by atoms with van der Waals surface area (Å²) in [7, 11) is 0. The number of amides is 1. The molecule has 1 aromatic carbocycles. The van der Waals surface area contributed by atoms with Crippen LogP contribution in [-0.2, 0) is 4.79 Å². The number of thiazole rings is 1. The summed E-state index contributed by atoms with van der Waals surface area (Å²) in [6, 6.07) is 9.73. The van der Waals surface area contributed by atoms with Crippen molar-refractivity contribution < 1.29 is 4.79 Å². The van der Waals surface area contributed by atoms with Crippen LogP contribution in [0.25, 0.3) is 0 Å². The van der Waals surface area contributed by atoms with Crippen LogP contribution in [0, 0.1) is 6.92 Å². The van der Waals surface area contributed by atoms with Crippen molar-refractivity contribution in [2.24, 2.45) is 0 Å². The third kappa shape index (κ3) is 2.91. The summed E-state index contributed by atoms with van der Waals surface area (Å²) in [5.41, 5.74) is 1.01. The molecule has 0 aliphatic heterocycles. The van der Waals surface area contributed by atoms with Gasteiger partial charge in [-0.15, -0.1) is 11.3 Å². The van der Waals surface area contributed by atoms with E-state index in [0.29, 0.717) is 5.13 Å². The lowest BCUT2D eigenvalue weighted by Gasteiger charge is -2.10. The van der Waals surface area contributed by atoms with Gasteiger partial charge in [0, 0.05) is 11.1 Å². The summed E-state index contributed by atoms with van der Waals surface area (Å²) < 4.78 is 0. The zero-order valence-electron chi connectivity index (χ0n) is 9.81. The van der Waals surface area contributed by atoms with E-state index in [1.54, 1.807) is 6.20 Å². The number of nitrogens with zero attached hydrogens (tertiary/aromatic N) is 1. The predicted octanol–water partition coefficient (Wildman–Crippen LogP) is 3.19. The molecule has 2 rings (SSSR count). The van der Waals surface area contributed by atoms with Gasteiger partial charge in [0.2, 0.25) is 5.91 Å². The number of carbonyl (C=O) groups excluding carboxylic acids is 1. The largest absolute Gasteiger partial charge is 0.301 e. The van der Waals surface area contributed by atoms with Crippen molar-refractivity contribution in [1.29, 1.82) is 0 Å². The van der Waals surface area contributed by atoms with Gasteiger partial charge in [-0.1, -0.05) is 30.3 Å². The molecule has 17 heavy (non-hydrogen) atoms. The highest BCUT2D eigenvalue weighted by Crippen LogP contribution is 2.20. The number of carbonyl (C=O) groups is 1. The van der Waals surface area contributed by atoms with Crippen molar-refractivity contribution in [3.05, 3.63) is 47.0 Å². The van der Waals surface area contributed by atoms with Gasteiger partial charge in [-0.25, -0.2) is 4.98 Å². The third-order valence-electron chi connectivity index (χ3n) is 2.54. The minimum absolute atomic E-state index is 0.0226. The molecular weight excluding hydrogens is 232 g/mol. The Morgan fingerprint density at radius 2 is 2.06 bits per heavy atom. The second kappa shape index (κ2) is 5.10. The van der Waals surface area contributed by atoms with Gasteiger partial charge >= 0.3 is 0 Å². The van der Waals surface area contributed by atoms with Crippen LogP contribution in [0.4, 0.5) is 5.13 Å². The van der Waals surface area contributed by atoms with Crippen LogP contribution >= 0.6 is 11.3 Å². The van der Waals surface area contributed by atoms with E-state index in [1.165, 1.54) is 11.3 Å². The van der Waals surface area contributed by atoms with Gasteiger partial charge in [-0.3, -0.25) is 4.79 Å². The zero-order chi connectivity index (χ0) is 12.3. The Balaban J connectivity index is 2.06. The van der Waals surface area contributed by atoms with Gasteiger partial charge in [0.15, 0.2) is 5.13 Å². The van der Waals surface area contributed by atoms with Gasteiger partial charge in [-0.2, -0.15) is 0 Å². The Labute approximate surface area is 105 Å². The summed E-state index contributed by atoms with van der Waals surface area (Å²) in [6.07, 6.45) is 1.76. The smallest absolute Gasteiger partial charge is 0.233 e. The molecule has 0 aliphatic carbocycles. The third-order valence-corrected chi connectivity index (χ3v) is 3.37. The normalized spacial score (nSPS) is 12.1. The molecule has 0 saturated heterocycles. The molecule has 0 aliphatic rings. The fourth-order valence-corrected chi connectivity index (χ4v) is 2.19. The average Bonchev–Trinajstić information content (AvgIpc) is 2.75. The minimum Gasteiger partial charge on any atom is -0.301 e. The van der Waals surface area contributed by atoms with E-state index in [4.69, 9.17) is 0 Å². The molecule has 0 saturated carbocycles. The Morgan fingerprint density at radius 1 is 1.35 bits per heavy atom. The van der Waals surface area contributed by atoms with Gasteiger partial charge in [0.25, 0.3) is 0 Å². The Bertz CT molecular complexity index is 507. The quantitative estimate of drug-likeness (QED) is 0.903. The van der Waals surface area contributed by atoms with Crippen molar-refractivity contribution >= 4 is 22.4 Å². The Hall–Kier alpha value is -1.68. The number of anilines is 1. The summed E-state index contributed by atoms with van der Waals surface area (Å²) in [5, 5.41) is 3.49. The lowest BCUT2D eigenvalue weighted by atomic mass is 10.0. The number of aromatic nitrogens is 1. The molecule has 0 fully saturated rings.